The van der Waals surface area contributed by atoms with Crippen LogP contribution in [-0.2, 0) is 14.6 Å². The second-order valence-corrected chi connectivity index (χ2v) is 11.6. The van der Waals surface area contributed by atoms with Crippen molar-refractivity contribution in [3.63, 3.8) is 0 Å². The molecule has 30 heavy (non-hydrogen) atoms. The van der Waals surface area contributed by atoms with E-state index in [4.69, 9.17) is 4.99 Å². The van der Waals surface area contributed by atoms with Crippen LogP contribution in [0.5, 0.6) is 0 Å². The number of hydrogen-bond acceptors (Lipinski definition) is 6. The Morgan fingerprint density at radius 3 is 2.63 bits per heavy atom. The van der Waals surface area contributed by atoms with Gasteiger partial charge in [0.1, 0.15) is 0 Å². The molecule has 0 saturated carbocycles. The summed E-state index contributed by atoms with van der Waals surface area (Å²) in [5.41, 5.74) is 3.88. The molecule has 2 aliphatic heterocycles. The van der Waals surface area contributed by atoms with Crippen LogP contribution < -0.4 is 10.2 Å². The van der Waals surface area contributed by atoms with Gasteiger partial charge in [-0.15, -0.1) is 0 Å². The Morgan fingerprint density at radius 2 is 1.93 bits per heavy atom. The molecule has 2 aliphatic rings. The highest BCUT2D eigenvalue weighted by Gasteiger charge is 2.47. The Labute approximate surface area is 189 Å². The number of halogens is 1. The zero-order chi connectivity index (χ0) is 21.5. The third-order valence-electron chi connectivity index (χ3n) is 5.18. The van der Waals surface area contributed by atoms with Gasteiger partial charge < -0.3 is 10.2 Å². The minimum absolute atomic E-state index is 0.0637. The lowest BCUT2D eigenvalue weighted by atomic mass is 10.1. The molecule has 0 aromatic heterocycles. The lowest BCUT2D eigenvalue weighted by Gasteiger charge is -2.28. The maximum absolute atomic E-state index is 12.4. The second-order valence-electron chi connectivity index (χ2n) is 7.63. The van der Waals surface area contributed by atoms with Crippen molar-refractivity contribution in [2.45, 2.75) is 25.9 Å². The first kappa shape index (κ1) is 21.4. The molecule has 0 bridgehead atoms. The van der Waals surface area contributed by atoms with Crippen molar-refractivity contribution in [2.24, 2.45) is 4.99 Å². The van der Waals surface area contributed by atoms with Crippen molar-refractivity contribution in [1.82, 2.24) is 0 Å². The molecular weight excluding hydrogens is 486 g/mol. The summed E-state index contributed by atoms with van der Waals surface area (Å²) in [6.45, 7) is 4.04. The second kappa shape index (κ2) is 8.36. The molecule has 9 heteroatoms. The van der Waals surface area contributed by atoms with Crippen molar-refractivity contribution in [3.8, 4) is 0 Å². The Morgan fingerprint density at radius 1 is 1.20 bits per heavy atom. The molecule has 2 aromatic rings. The molecule has 0 radical (unpaired) electrons. The van der Waals surface area contributed by atoms with Gasteiger partial charge in [0.05, 0.1) is 29.3 Å². The van der Waals surface area contributed by atoms with Crippen LogP contribution in [0.4, 0.5) is 11.4 Å². The molecule has 0 unspecified atom stereocenters. The Balaban J connectivity index is 1.52. The average Bonchev–Trinajstić information content (AvgIpc) is 3.13. The molecule has 2 heterocycles. The third-order valence-corrected chi connectivity index (χ3v) is 8.37. The number of hydrogen-bond donors (Lipinski definition) is 1. The Kier molecular flexibility index (Phi) is 5.96. The molecule has 1 amide bonds. The van der Waals surface area contributed by atoms with Crippen LogP contribution >= 0.6 is 27.7 Å². The molecule has 1 N–H and O–H groups in total. The smallest absolute Gasteiger partial charge is 0.234 e. The summed E-state index contributed by atoms with van der Waals surface area (Å²) in [7, 11) is -3.11. The van der Waals surface area contributed by atoms with E-state index in [1.807, 2.05) is 55.1 Å². The van der Waals surface area contributed by atoms with Crippen molar-refractivity contribution < 1.29 is 13.2 Å². The van der Waals surface area contributed by atoms with Crippen LogP contribution in [0, 0.1) is 13.8 Å². The van der Waals surface area contributed by atoms with Crippen LogP contribution in [0.3, 0.4) is 0 Å². The zero-order valence-corrected chi connectivity index (χ0v) is 19.9. The minimum atomic E-state index is -3.11. The van der Waals surface area contributed by atoms with E-state index < -0.39 is 9.84 Å². The number of rotatable bonds is 4. The van der Waals surface area contributed by atoms with Crippen LogP contribution in [0.15, 0.2) is 51.9 Å². The Bertz CT molecular complexity index is 1120. The van der Waals surface area contributed by atoms with E-state index in [2.05, 4.69) is 27.3 Å². The number of carbonyl (C=O) groups excluding carboxylic acids is 1. The predicted octanol–water partition coefficient (Wildman–Crippen LogP) is 3.78. The van der Waals surface area contributed by atoms with E-state index in [0.717, 1.165) is 27.0 Å². The summed E-state index contributed by atoms with van der Waals surface area (Å²) in [6.07, 6.45) is 0. The maximum atomic E-state index is 12.4. The van der Waals surface area contributed by atoms with E-state index in [1.54, 1.807) is 0 Å². The van der Waals surface area contributed by atoms with Crippen LogP contribution in [-0.4, -0.2) is 48.8 Å². The van der Waals surface area contributed by atoms with Gasteiger partial charge in [0.25, 0.3) is 0 Å². The molecule has 2 aromatic carbocycles. The number of benzene rings is 2. The van der Waals surface area contributed by atoms with E-state index >= 15 is 0 Å². The fraction of sp³-hybridized carbons (Fsp3) is 0.333. The monoisotopic (exact) mass is 507 g/mol. The number of nitrogens with zero attached hydrogens (tertiary/aromatic N) is 2. The van der Waals surface area contributed by atoms with Crippen molar-refractivity contribution in [3.05, 3.63) is 58.1 Å². The first-order chi connectivity index (χ1) is 14.2. The molecule has 0 spiro atoms. The number of sulfone groups is 1. The molecule has 4 rings (SSSR count). The zero-order valence-electron chi connectivity index (χ0n) is 16.6. The number of anilines is 2. The average molecular weight is 508 g/mol. The standard InChI is InChI=1S/C21H22BrN3O3S2/c1-13-3-8-18(14(2)9-13)25-19-12-30(27,28)11-17(19)24-21(25)29-10-20(26)23-16-6-4-15(22)5-7-16/h3-9,17,19H,10-12H2,1-2H3,(H,23,26)/t17-,19-/m0/s1. The number of nitrogens with one attached hydrogen (secondary N) is 1. The van der Waals surface area contributed by atoms with E-state index in [1.165, 1.54) is 11.8 Å². The first-order valence-corrected chi connectivity index (χ1v) is 13.1. The summed E-state index contributed by atoms with van der Waals surface area (Å²) >= 11 is 4.72. The number of aliphatic imine (C=N–C) groups is 1. The van der Waals surface area contributed by atoms with Gasteiger partial charge in [0.2, 0.25) is 5.91 Å². The number of amidine groups is 1. The summed E-state index contributed by atoms with van der Waals surface area (Å²) in [5.74, 6) is 0.218. The normalized spacial score (nSPS) is 22.0. The van der Waals surface area contributed by atoms with Gasteiger partial charge in [-0.25, -0.2) is 8.42 Å². The van der Waals surface area contributed by atoms with Crippen molar-refractivity contribution in [2.75, 3.05) is 27.5 Å². The number of thioether (sulfide) groups is 1. The van der Waals surface area contributed by atoms with E-state index in [0.29, 0.717) is 5.17 Å². The molecule has 2 atom stereocenters. The molecular formula is C21H22BrN3O3S2. The lowest BCUT2D eigenvalue weighted by Crippen LogP contribution is -2.39. The topological polar surface area (TPSA) is 78.8 Å². The summed E-state index contributed by atoms with van der Waals surface area (Å²) in [6, 6.07) is 13.0. The summed E-state index contributed by atoms with van der Waals surface area (Å²) < 4.78 is 25.3. The number of carbonyl (C=O) groups is 1. The van der Waals surface area contributed by atoms with E-state index in [-0.39, 0.29) is 35.2 Å². The minimum Gasteiger partial charge on any atom is -0.325 e. The van der Waals surface area contributed by atoms with Gasteiger partial charge in [-0.05, 0) is 49.7 Å². The molecule has 158 valence electrons. The number of fused-ring (bicyclic) bond motifs is 1. The fourth-order valence-corrected chi connectivity index (χ4v) is 6.88. The molecule has 0 aliphatic carbocycles. The highest BCUT2D eigenvalue weighted by atomic mass is 79.9. The fourth-order valence-electron chi connectivity index (χ4n) is 3.85. The highest BCUT2D eigenvalue weighted by Crippen LogP contribution is 2.36. The van der Waals surface area contributed by atoms with Crippen molar-refractivity contribution >= 4 is 60.0 Å². The van der Waals surface area contributed by atoms with Crippen LogP contribution in [0.2, 0.25) is 0 Å². The van der Waals surface area contributed by atoms with Crippen LogP contribution in [0.1, 0.15) is 11.1 Å². The molecule has 1 fully saturated rings. The molecule has 1 saturated heterocycles. The molecule has 6 nitrogen and oxygen atoms in total. The summed E-state index contributed by atoms with van der Waals surface area (Å²) in [5, 5.41) is 3.59. The van der Waals surface area contributed by atoms with Gasteiger partial charge in [0.15, 0.2) is 15.0 Å². The van der Waals surface area contributed by atoms with Crippen LogP contribution in [0.25, 0.3) is 0 Å². The third kappa shape index (κ3) is 4.58. The predicted molar refractivity (Wildman–Crippen MR) is 127 cm³/mol. The SMILES string of the molecule is Cc1ccc(N2C(SCC(=O)Nc3ccc(Br)cc3)=N[C@H]3CS(=O)(=O)C[C@@H]32)c(C)c1. The lowest BCUT2D eigenvalue weighted by molar-refractivity contribution is -0.113. The number of amides is 1. The van der Waals surface area contributed by atoms with Gasteiger partial charge in [-0.1, -0.05) is 45.4 Å². The number of aryl methyl sites for hydroxylation is 2. The van der Waals surface area contributed by atoms with Gasteiger partial charge in [-0.2, -0.15) is 0 Å². The van der Waals surface area contributed by atoms with Gasteiger partial charge in [-0.3, -0.25) is 9.79 Å². The maximum Gasteiger partial charge on any atom is 0.234 e. The van der Waals surface area contributed by atoms with Gasteiger partial charge in [0, 0.05) is 15.8 Å². The van der Waals surface area contributed by atoms with Crippen molar-refractivity contribution in [1.29, 1.82) is 0 Å². The first-order valence-electron chi connectivity index (χ1n) is 9.55. The largest absolute Gasteiger partial charge is 0.325 e. The summed E-state index contributed by atoms with van der Waals surface area (Å²) in [4.78, 5) is 19.2. The Hall–Kier alpha value is -1.84. The van der Waals surface area contributed by atoms with E-state index in [9.17, 15) is 13.2 Å². The van der Waals surface area contributed by atoms with Gasteiger partial charge >= 0.3 is 0 Å². The highest BCUT2D eigenvalue weighted by molar-refractivity contribution is 9.10. The quantitative estimate of drug-likeness (QED) is 0.680.